The van der Waals surface area contributed by atoms with Gasteiger partial charge in [-0.2, -0.15) is 0 Å². The zero-order valence-corrected chi connectivity index (χ0v) is 20.7. The summed E-state index contributed by atoms with van der Waals surface area (Å²) in [4.78, 5) is 17.7. The van der Waals surface area contributed by atoms with Crippen molar-refractivity contribution in [2.75, 3.05) is 26.7 Å². The fraction of sp³-hybridized carbons (Fsp3) is 0.414. The molecular weight excluding hydrogens is 424 g/mol. The van der Waals surface area contributed by atoms with Crippen molar-refractivity contribution >= 4 is 5.91 Å². The van der Waals surface area contributed by atoms with Crippen LogP contribution in [-0.2, 0) is 17.9 Å². The van der Waals surface area contributed by atoms with Crippen LogP contribution < -0.4 is 4.74 Å². The molecule has 3 aromatic rings. The standard InChI is InChI=1S/C29H36N2O3/c1-21(2)29(32)31(16-23-10-6-5-7-11-23)18-24-17-30(19-25-15-14-22(3)34-25)20-27(24)26-12-8-9-13-28(26)33-4/h5-15,21,24,27H,16-20H2,1-4H3/t24-,27+/m0/s1. The monoisotopic (exact) mass is 460 g/mol. The molecule has 1 saturated heterocycles. The Morgan fingerprint density at radius 2 is 1.79 bits per heavy atom. The van der Waals surface area contributed by atoms with Gasteiger partial charge in [-0.3, -0.25) is 9.69 Å². The number of methoxy groups -OCH3 is 1. The third-order valence-electron chi connectivity index (χ3n) is 6.71. The number of nitrogens with zero attached hydrogens (tertiary/aromatic N) is 2. The highest BCUT2D eigenvalue weighted by molar-refractivity contribution is 5.78. The van der Waals surface area contributed by atoms with E-state index in [-0.39, 0.29) is 17.7 Å². The molecule has 0 spiro atoms. The van der Waals surface area contributed by atoms with Crippen LogP contribution >= 0.6 is 0 Å². The third kappa shape index (κ3) is 5.71. The predicted octanol–water partition coefficient (Wildman–Crippen LogP) is 5.50. The number of carbonyl (C=O) groups is 1. The number of hydrogen-bond acceptors (Lipinski definition) is 4. The Bertz CT molecular complexity index is 1080. The van der Waals surface area contributed by atoms with E-state index in [2.05, 4.69) is 35.2 Å². The topological polar surface area (TPSA) is 45.9 Å². The van der Waals surface area contributed by atoms with Crippen LogP contribution in [0.4, 0.5) is 0 Å². The van der Waals surface area contributed by atoms with Crippen molar-refractivity contribution < 1.29 is 13.9 Å². The Labute approximate surface area is 203 Å². The van der Waals surface area contributed by atoms with Crippen molar-refractivity contribution in [3.8, 4) is 5.75 Å². The van der Waals surface area contributed by atoms with Crippen LogP contribution in [0.3, 0.4) is 0 Å². The van der Waals surface area contributed by atoms with Gasteiger partial charge in [-0.25, -0.2) is 0 Å². The molecule has 0 aliphatic carbocycles. The Morgan fingerprint density at radius 3 is 2.47 bits per heavy atom. The first-order chi connectivity index (χ1) is 16.4. The van der Waals surface area contributed by atoms with Crippen molar-refractivity contribution in [2.24, 2.45) is 11.8 Å². The Morgan fingerprint density at radius 1 is 1.06 bits per heavy atom. The molecule has 1 amide bonds. The number of furan rings is 1. The number of likely N-dealkylation sites (tertiary alicyclic amines) is 1. The molecule has 34 heavy (non-hydrogen) atoms. The van der Waals surface area contributed by atoms with Crippen molar-refractivity contribution in [2.45, 2.75) is 39.8 Å². The number of ether oxygens (including phenoxy) is 1. The summed E-state index contributed by atoms with van der Waals surface area (Å²) in [7, 11) is 1.73. The molecule has 5 heteroatoms. The van der Waals surface area contributed by atoms with Crippen molar-refractivity contribution in [1.82, 2.24) is 9.80 Å². The van der Waals surface area contributed by atoms with E-state index in [0.29, 0.717) is 19.0 Å². The Balaban J connectivity index is 1.60. The number of hydrogen-bond donors (Lipinski definition) is 0. The molecule has 0 saturated carbocycles. The van der Waals surface area contributed by atoms with Gasteiger partial charge in [0.15, 0.2) is 0 Å². The highest BCUT2D eigenvalue weighted by atomic mass is 16.5. The summed E-state index contributed by atoms with van der Waals surface area (Å²) in [6, 6.07) is 22.6. The lowest BCUT2D eigenvalue weighted by molar-refractivity contribution is -0.135. The number of carbonyl (C=O) groups excluding carboxylic acids is 1. The second kappa shape index (κ2) is 10.9. The fourth-order valence-electron chi connectivity index (χ4n) is 5.07. The maximum Gasteiger partial charge on any atom is 0.225 e. The van der Waals surface area contributed by atoms with Crippen LogP contribution in [0.25, 0.3) is 0 Å². The Hall–Kier alpha value is -3.05. The van der Waals surface area contributed by atoms with Gasteiger partial charge in [0.2, 0.25) is 5.91 Å². The molecule has 1 fully saturated rings. The van der Waals surface area contributed by atoms with Crippen molar-refractivity contribution in [3.05, 3.63) is 89.4 Å². The minimum Gasteiger partial charge on any atom is -0.496 e. The number of rotatable bonds is 9. The average molecular weight is 461 g/mol. The molecule has 2 atom stereocenters. The first-order valence-electron chi connectivity index (χ1n) is 12.2. The van der Waals surface area contributed by atoms with Crippen LogP contribution in [0.15, 0.2) is 71.1 Å². The van der Waals surface area contributed by atoms with E-state index in [4.69, 9.17) is 9.15 Å². The normalized spacial score (nSPS) is 18.4. The quantitative estimate of drug-likeness (QED) is 0.423. The van der Waals surface area contributed by atoms with Gasteiger partial charge >= 0.3 is 0 Å². The van der Waals surface area contributed by atoms with E-state index in [1.807, 2.05) is 62.1 Å². The van der Waals surface area contributed by atoms with E-state index in [9.17, 15) is 4.79 Å². The lowest BCUT2D eigenvalue weighted by atomic mass is 9.87. The zero-order chi connectivity index (χ0) is 24.1. The average Bonchev–Trinajstić information content (AvgIpc) is 3.44. The van der Waals surface area contributed by atoms with Gasteiger partial charge in [-0.05, 0) is 42.2 Å². The smallest absolute Gasteiger partial charge is 0.225 e. The molecule has 5 nitrogen and oxygen atoms in total. The van der Waals surface area contributed by atoms with Crippen LogP contribution in [0.1, 0.15) is 42.4 Å². The summed E-state index contributed by atoms with van der Waals surface area (Å²) in [6.45, 7) is 9.86. The van der Waals surface area contributed by atoms with Gasteiger partial charge in [0.25, 0.3) is 0 Å². The number of benzene rings is 2. The summed E-state index contributed by atoms with van der Waals surface area (Å²) in [6.07, 6.45) is 0. The van der Waals surface area contributed by atoms with Crippen LogP contribution in [0, 0.1) is 18.8 Å². The lowest BCUT2D eigenvalue weighted by Crippen LogP contribution is -2.39. The molecule has 180 valence electrons. The SMILES string of the molecule is COc1ccccc1[C@@H]1CN(Cc2ccc(C)o2)C[C@H]1CN(Cc1ccccc1)C(=O)C(C)C. The molecule has 0 radical (unpaired) electrons. The van der Waals surface area contributed by atoms with Gasteiger partial charge in [0, 0.05) is 38.0 Å². The minimum absolute atomic E-state index is 0.0444. The second-order valence-electron chi connectivity index (χ2n) is 9.67. The summed E-state index contributed by atoms with van der Waals surface area (Å²) in [5.41, 5.74) is 2.37. The van der Waals surface area contributed by atoms with Gasteiger partial charge in [0.05, 0.1) is 13.7 Å². The highest BCUT2D eigenvalue weighted by Crippen LogP contribution is 2.38. The molecule has 2 heterocycles. The molecule has 1 aliphatic heterocycles. The van der Waals surface area contributed by atoms with E-state index < -0.39 is 0 Å². The largest absolute Gasteiger partial charge is 0.496 e. The molecule has 2 aromatic carbocycles. The number of aryl methyl sites for hydroxylation is 1. The highest BCUT2D eigenvalue weighted by Gasteiger charge is 2.37. The van der Waals surface area contributed by atoms with Gasteiger partial charge in [0.1, 0.15) is 17.3 Å². The van der Waals surface area contributed by atoms with Crippen LogP contribution in [0.2, 0.25) is 0 Å². The Kier molecular flexibility index (Phi) is 7.73. The first kappa shape index (κ1) is 24.1. The zero-order valence-electron chi connectivity index (χ0n) is 20.7. The molecule has 0 bridgehead atoms. The predicted molar refractivity (Wildman–Crippen MR) is 135 cm³/mol. The van der Waals surface area contributed by atoms with E-state index in [1.165, 1.54) is 5.56 Å². The molecule has 0 N–H and O–H groups in total. The lowest BCUT2D eigenvalue weighted by Gasteiger charge is -2.30. The number of para-hydroxylation sites is 1. The molecule has 1 aliphatic rings. The molecular formula is C29H36N2O3. The minimum atomic E-state index is -0.0444. The third-order valence-corrected chi connectivity index (χ3v) is 6.71. The van der Waals surface area contributed by atoms with Gasteiger partial charge < -0.3 is 14.1 Å². The van der Waals surface area contributed by atoms with E-state index >= 15 is 0 Å². The van der Waals surface area contributed by atoms with Gasteiger partial charge in [-0.15, -0.1) is 0 Å². The summed E-state index contributed by atoms with van der Waals surface area (Å²) >= 11 is 0. The molecule has 0 unspecified atom stereocenters. The van der Waals surface area contributed by atoms with Crippen LogP contribution in [-0.4, -0.2) is 42.5 Å². The summed E-state index contributed by atoms with van der Waals surface area (Å²) < 4.78 is 11.6. The van der Waals surface area contributed by atoms with Crippen molar-refractivity contribution in [3.63, 3.8) is 0 Å². The summed E-state index contributed by atoms with van der Waals surface area (Å²) in [5, 5.41) is 0. The maximum atomic E-state index is 13.2. The van der Waals surface area contributed by atoms with E-state index in [0.717, 1.165) is 42.5 Å². The maximum absolute atomic E-state index is 13.2. The van der Waals surface area contributed by atoms with Crippen molar-refractivity contribution in [1.29, 1.82) is 0 Å². The van der Waals surface area contributed by atoms with Gasteiger partial charge in [-0.1, -0.05) is 62.4 Å². The second-order valence-corrected chi connectivity index (χ2v) is 9.67. The van der Waals surface area contributed by atoms with Crippen LogP contribution in [0.5, 0.6) is 5.75 Å². The fourth-order valence-corrected chi connectivity index (χ4v) is 5.07. The summed E-state index contributed by atoms with van der Waals surface area (Å²) in [5.74, 6) is 3.54. The molecule has 1 aromatic heterocycles. The molecule has 4 rings (SSSR count). The number of amides is 1. The van der Waals surface area contributed by atoms with E-state index in [1.54, 1.807) is 7.11 Å². The first-order valence-corrected chi connectivity index (χ1v) is 12.2.